The van der Waals surface area contributed by atoms with E-state index < -0.39 is 11.5 Å². The third kappa shape index (κ3) is 4.00. The molecule has 0 amide bonds. The van der Waals surface area contributed by atoms with Gasteiger partial charge in [-0.2, -0.15) is 0 Å². The van der Waals surface area contributed by atoms with Crippen LogP contribution in [0.25, 0.3) is 33.3 Å². The molecule has 4 aromatic heterocycles. The van der Waals surface area contributed by atoms with E-state index in [1.165, 1.54) is 0 Å². The van der Waals surface area contributed by atoms with E-state index in [2.05, 4.69) is 59.1 Å². The van der Waals surface area contributed by atoms with Crippen LogP contribution in [0.15, 0.2) is 95.6 Å². The fourth-order valence-electron chi connectivity index (χ4n) is 5.68. The molecule has 0 bridgehead atoms. The number of aryl methyl sites for hydroxylation is 2. The molecule has 5 heterocycles. The van der Waals surface area contributed by atoms with Crippen molar-refractivity contribution in [3.63, 3.8) is 0 Å². The molecule has 8 heteroatoms. The van der Waals surface area contributed by atoms with Crippen LogP contribution in [0.1, 0.15) is 34.4 Å². The third-order valence-electron chi connectivity index (χ3n) is 7.73. The van der Waals surface area contributed by atoms with Crippen molar-refractivity contribution >= 4 is 17.0 Å². The van der Waals surface area contributed by atoms with E-state index in [-0.39, 0.29) is 5.56 Å². The number of carboxylic acid groups (broad SMARTS) is 1. The Kier molecular flexibility index (Phi) is 6.10. The highest BCUT2D eigenvalue weighted by atomic mass is 16.5. The molecule has 0 saturated carbocycles. The minimum Gasteiger partial charge on any atom is -0.478 e. The number of carbonyl (C=O) groups is 1. The van der Waals surface area contributed by atoms with Gasteiger partial charge in [0.05, 0.1) is 28.0 Å². The summed E-state index contributed by atoms with van der Waals surface area (Å²) in [6, 6.07) is 15.0. The molecule has 0 fully saturated rings. The predicted octanol–water partition coefficient (Wildman–Crippen LogP) is 6.22. The number of likely N-dealkylation sites (N-methyl/N-ethyl adjacent to an activating group) is 1. The molecule has 0 saturated heterocycles. The number of pyridine rings is 2. The zero-order chi connectivity index (χ0) is 28.0. The van der Waals surface area contributed by atoms with Gasteiger partial charge in [-0.15, -0.1) is 0 Å². The standard InChI is InChI=1S/C32H29N5O3/c1-20-29(21(2)40-35-20)24-17-26-30(34-18-24)25(22-11-13-23(14-12-22)31(38)39)19-37(26)32(3,27-9-5-7-15-33-27)28-10-6-8-16-36(28)4/h5-15,17-19H,16H2,1-4H3,(H,38,39). The Morgan fingerprint density at radius 1 is 1.07 bits per heavy atom. The molecule has 0 spiro atoms. The van der Waals surface area contributed by atoms with Crippen molar-refractivity contribution < 1.29 is 14.4 Å². The second-order valence-corrected chi connectivity index (χ2v) is 10.2. The van der Waals surface area contributed by atoms with Crippen LogP contribution in [-0.4, -0.2) is 49.3 Å². The Morgan fingerprint density at radius 2 is 1.88 bits per heavy atom. The van der Waals surface area contributed by atoms with Gasteiger partial charge in [0, 0.05) is 54.6 Å². The second kappa shape index (κ2) is 9.64. The Morgan fingerprint density at radius 3 is 2.52 bits per heavy atom. The van der Waals surface area contributed by atoms with Gasteiger partial charge in [-0.25, -0.2) is 4.79 Å². The molecule has 1 aromatic carbocycles. The van der Waals surface area contributed by atoms with Gasteiger partial charge in [-0.05, 0) is 62.7 Å². The van der Waals surface area contributed by atoms with Gasteiger partial charge >= 0.3 is 5.97 Å². The normalized spacial score (nSPS) is 14.8. The zero-order valence-electron chi connectivity index (χ0n) is 22.8. The van der Waals surface area contributed by atoms with Gasteiger partial charge in [-0.1, -0.05) is 35.5 Å². The summed E-state index contributed by atoms with van der Waals surface area (Å²) < 4.78 is 7.71. The minimum atomic E-state index is -0.959. The first-order valence-electron chi connectivity index (χ1n) is 13.1. The summed E-state index contributed by atoms with van der Waals surface area (Å²) in [5, 5.41) is 13.6. The van der Waals surface area contributed by atoms with E-state index in [0.29, 0.717) is 0 Å². The average molecular weight is 532 g/mol. The van der Waals surface area contributed by atoms with Gasteiger partial charge in [0.1, 0.15) is 11.3 Å². The van der Waals surface area contributed by atoms with Crippen LogP contribution in [0.4, 0.5) is 0 Å². The highest BCUT2D eigenvalue weighted by Crippen LogP contribution is 2.42. The van der Waals surface area contributed by atoms with Crippen molar-refractivity contribution in [3.8, 4) is 22.3 Å². The number of fused-ring (bicyclic) bond motifs is 1. The van der Waals surface area contributed by atoms with Crippen LogP contribution in [0.3, 0.4) is 0 Å². The smallest absolute Gasteiger partial charge is 0.335 e. The molecule has 6 rings (SSSR count). The maximum absolute atomic E-state index is 11.5. The fraction of sp³-hybridized carbons (Fsp3) is 0.188. The van der Waals surface area contributed by atoms with Crippen molar-refractivity contribution in [2.45, 2.75) is 26.3 Å². The number of aromatic nitrogens is 4. The van der Waals surface area contributed by atoms with E-state index in [1.807, 2.05) is 56.6 Å². The lowest BCUT2D eigenvalue weighted by Crippen LogP contribution is -2.41. The van der Waals surface area contributed by atoms with Crippen LogP contribution in [0, 0.1) is 13.8 Å². The molecule has 0 radical (unpaired) electrons. The molecule has 1 unspecified atom stereocenters. The highest BCUT2D eigenvalue weighted by molar-refractivity contribution is 5.96. The Bertz CT molecular complexity index is 1780. The second-order valence-electron chi connectivity index (χ2n) is 10.2. The van der Waals surface area contributed by atoms with Crippen LogP contribution in [-0.2, 0) is 5.54 Å². The summed E-state index contributed by atoms with van der Waals surface area (Å²) in [7, 11) is 2.08. The molecular formula is C32H29N5O3. The van der Waals surface area contributed by atoms with E-state index in [1.54, 1.807) is 12.1 Å². The number of aromatic carboxylic acids is 1. The van der Waals surface area contributed by atoms with Crippen molar-refractivity contribution in [1.29, 1.82) is 0 Å². The van der Waals surface area contributed by atoms with Gasteiger partial charge in [0.25, 0.3) is 0 Å². The van der Waals surface area contributed by atoms with Gasteiger partial charge < -0.3 is 19.1 Å². The number of allylic oxidation sites excluding steroid dienone is 3. The van der Waals surface area contributed by atoms with E-state index in [0.717, 1.165) is 62.7 Å². The molecule has 5 aromatic rings. The maximum atomic E-state index is 11.5. The monoisotopic (exact) mass is 531 g/mol. The molecule has 1 aliphatic heterocycles. The number of nitrogens with zero attached hydrogens (tertiary/aromatic N) is 5. The summed E-state index contributed by atoms with van der Waals surface area (Å²) in [6.45, 7) is 6.78. The zero-order valence-corrected chi connectivity index (χ0v) is 22.8. The van der Waals surface area contributed by atoms with Crippen LogP contribution < -0.4 is 0 Å². The van der Waals surface area contributed by atoms with E-state index >= 15 is 0 Å². The summed E-state index contributed by atoms with van der Waals surface area (Å²) in [5.74, 6) is -0.229. The summed E-state index contributed by atoms with van der Waals surface area (Å²) >= 11 is 0. The lowest BCUT2D eigenvalue weighted by Gasteiger charge is -2.40. The van der Waals surface area contributed by atoms with Crippen LogP contribution in [0.5, 0.6) is 0 Å². The molecule has 0 aliphatic carbocycles. The Labute approximate surface area is 231 Å². The molecule has 40 heavy (non-hydrogen) atoms. The molecular weight excluding hydrogens is 502 g/mol. The number of benzene rings is 1. The number of hydrogen-bond acceptors (Lipinski definition) is 6. The lowest BCUT2D eigenvalue weighted by atomic mass is 9.89. The predicted molar refractivity (Wildman–Crippen MR) is 154 cm³/mol. The minimum absolute atomic E-state index is 0.236. The summed E-state index contributed by atoms with van der Waals surface area (Å²) in [4.78, 5) is 23.5. The highest BCUT2D eigenvalue weighted by Gasteiger charge is 2.38. The molecule has 200 valence electrons. The molecule has 8 nitrogen and oxygen atoms in total. The van der Waals surface area contributed by atoms with Crippen LogP contribution in [0.2, 0.25) is 0 Å². The van der Waals surface area contributed by atoms with Gasteiger partial charge in [-0.3, -0.25) is 9.97 Å². The Balaban J connectivity index is 1.67. The Hall–Kier alpha value is -4.98. The summed E-state index contributed by atoms with van der Waals surface area (Å²) in [6.07, 6.45) is 12.1. The first-order valence-corrected chi connectivity index (χ1v) is 13.1. The molecule has 1 N–H and O–H groups in total. The van der Waals surface area contributed by atoms with Gasteiger partial charge in [0.2, 0.25) is 0 Å². The SMILES string of the molecule is Cc1noc(C)c1-c1cnc2c(-c3ccc(C(=O)O)cc3)cn(C(C)(C3=CC=CCN3C)c3ccccn3)c2c1. The van der Waals surface area contributed by atoms with Crippen molar-refractivity contribution in [2.24, 2.45) is 0 Å². The fourth-order valence-corrected chi connectivity index (χ4v) is 5.68. The average Bonchev–Trinajstić information content (AvgIpc) is 3.52. The third-order valence-corrected chi connectivity index (χ3v) is 7.73. The quantitative estimate of drug-likeness (QED) is 0.278. The number of hydrogen-bond donors (Lipinski definition) is 1. The first kappa shape index (κ1) is 25.3. The van der Waals surface area contributed by atoms with Crippen molar-refractivity contribution in [2.75, 3.05) is 13.6 Å². The lowest BCUT2D eigenvalue weighted by molar-refractivity contribution is 0.0697. The largest absolute Gasteiger partial charge is 0.478 e. The molecule has 1 atom stereocenters. The topological polar surface area (TPSA) is 97.3 Å². The molecule has 1 aliphatic rings. The van der Waals surface area contributed by atoms with E-state index in [9.17, 15) is 9.90 Å². The first-order chi connectivity index (χ1) is 19.3. The number of carboxylic acids is 1. The van der Waals surface area contributed by atoms with E-state index in [4.69, 9.17) is 14.5 Å². The number of rotatable bonds is 6. The summed E-state index contributed by atoms with van der Waals surface area (Å²) in [5.41, 5.74) is 7.62. The van der Waals surface area contributed by atoms with Crippen LogP contribution >= 0.6 is 0 Å². The van der Waals surface area contributed by atoms with Crippen molar-refractivity contribution in [1.82, 2.24) is 24.6 Å². The van der Waals surface area contributed by atoms with Crippen molar-refractivity contribution in [3.05, 3.63) is 114 Å². The van der Waals surface area contributed by atoms with Gasteiger partial charge in [0.15, 0.2) is 0 Å². The maximum Gasteiger partial charge on any atom is 0.335 e.